The Morgan fingerprint density at radius 3 is 2.89 bits per heavy atom. The summed E-state index contributed by atoms with van der Waals surface area (Å²) in [6, 6.07) is 12.3. The fourth-order valence-corrected chi connectivity index (χ4v) is 3.44. The standard InChI is InChI=1S/C20H24N6O2/c1-14-10-15(2)26-20(22-14)23-18(24-26)19(27)21-11-17-13-25(8-9-28-17)12-16-6-4-3-5-7-16/h3-7,10,17H,8-9,11-13H2,1-2H3,(H,21,27). The van der Waals surface area contributed by atoms with Crippen molar-refractivity contribution in [1.82, 2.24) is 29.8 Å². The number of nitrogens with zero attached hydrogens (tertiary/aromatic N) is 5. The van der Waals surface area contributed by atoms with Crippen LogP contribution >= 0.6 is 0 Å². The maximum Gasteiger partial charge on any atom is 0.291 e. The Morgan fingerprint density at radius 1 is 1.25 bits per heavy atom. The number of morpholine rings is 1. The number of hydrogen-bond acceptors (Lipinski definition) is 6. The van der Waals surface area contributed by atoms with Crippen molar-refractivity contribution < 1.29 is 9.53 Å². The molecule has 146 valence electrons. The van der Waals surface area contributed by atoms with E-state index in [9.17, 15) is 4.79 Å². The number of nitrogens with one attached hydrogen (secondary N) is 1. The molecule has 1 aromatic carbocycles. The molecule has 0 saturated carbocycles. The van der Waals surface area contributed by atoms with Gasteiger partial charge in [0.05, 0.1) is 12.7 Å². The van der Waals surface area contributed by atoms with E-state index in [1.807, 2.05) is 38.1 Å². The van der Waals surface area contributed by atoms with Crippen LogP contribution in [0.25, 0.3) is 5.78 Å². The second kappa shape index (κ2) is 8.04. The van der Waals surface area contributed by atoms with Gasteiger partial charge in [0.25, 0.3) is 11.7 Å². The van der Waals surface area contributed by atoms with E-state index < -0.39 is 0 Å². The molecule has 0 aliphatic carbocycles. The fraction of sp³-hybridized carbons (Fsp3) is 0.400. The highest BCUT2D eigenvalue weighted by Gasteiger charge is 2.22. The maximum atomic E-state index is 12.5. The van der Waals surface area contributed by atoms with Gasteiger partial charge in [-0.1, -0.05) is 30.3 Å². The third-order valence-corrected chi connectivity index (χ3v) is 4.78. The number of carbonyl (C=O) groups excluding carboxylic acids is 1. The summed E-state index contributed by atoms with van der Waals surface area (Å²) in [6.07, 6.45) is -0.0550. The van der Waals surface area contributed by atoms with Crippen molar-refractivity contribution in [3.8, 4) is 0 Å². The smallest absolute Gasteiger partial charge is 0.291 e. The highest BCUT2D eigenvalue weighted by molar-refractivity contribution is 5.90. The summed E-state index contributed by atoms with van der Waals surface area (Å²) < 4.78 is 7.40. The predicted molar refractivity (Wildman–Crippen MR) is 104 cm³/mol. The van der Waals surface area contributed by atoms with Crippen molar-refractivity contribution in [2.24, 2.45) is 0 Å². The molecule has 1 fully saturated rings. The molecule has 8 heteroatoms. The minimum absolute atomic E-state index is 0.0550. The van der Waals surface area contributed by atoms with Crippen LogP contribution in [-0.2, 0) is 11.3 Å². The first-order valence-electron chi connectivity index (χ1n) is 9.45. The van der Waals surface area contributed by atoms with E-state index in [0.717, 1.165) is 31.0 Å². The van der Waals surface area contributed by atoms with E-state index in [1.165, 1.54) is 5.56 Å². The Bertz CT molecular complexity index is 971. The van der Waals surface area contributed by atoms with Gasteiger partial charge in [0.1, 0.15) is 0 Å². The minimum Gasteiger partial charge on any atom is -0.374 e. The van der Waals surface area contributed by atoms with Crippen LogP contribution in [-0.4, -0.2) is 62.7 Å². The van der Waals surface area contributed by atoms with Gasteiger partial charge in [0, 0.05) is 37.6 Å². The van der Waals surface area contributed by atoms with Crippen molar-refractivity contribution in [2.75, 3.05) is 26.2 Å². The van der Waals surface area contributed by atoms with E-state index in [2.05, 4.69) is 37.4 Å². The number of amides is 1. The normalized spacial score (nSPS) is 17.7. The Labute approximate surface area is 163 Å². The largest absolute Gasteiger partial charge is 0.374 e. The molecule has 1 aliphatic heterocycles. The predicted octanol–water partition coefficient (Wildman–Crippen LogP) is 1.37. The van der Waals surface area contributed by atoms with Crippen LogP contribution in [0.4, 0.5) is 0 Å². The van der Waals surface area contributed by atoms with Gasteiger partial charge in [-0.3, -0.25) is 9.69 Å². The lowest BCUT2D eigenvalue weighted by atomic mass is 10.2. The Balaban J connectivity index is 1.35. The molecule has 1 saturated heterocycles. The molecule has 1 aliphatic rings. The van der Waals surface area contributed by atoms with Gasteiger partial charge in [-0.2, -0.15) is 4.98 Å². The second-order valence-corrected chi connectivity index (χ2v) is 7.11. The quantitative estimate of drug-likeness (QED) is 0.720. The van der Waals surface area contributed by atoms with Gasteiger partial charge in [0.2, 0.25) is 5.82 Å². The van der Waals surface area contributed by atoms with Crippen molar-refractivity contribution in [2.45, 2.75) is 26.5 Å². The average molecular weight is 380 g/mol. The zero-order valence-electron chi connectivity index (χ0n) is 16.1. The molecule has 1 atom stereocenters. The Kier molecular flexibility index (Phi) is 5.31. The molecule has 28 heavy (non-hydrogen) atoms. The van der Waals surface area contributed by atoms with Gasteiger partial charge in [-0.05, 0) is 25.5 Å². The van der Waals surface area contributed by atoms with Crippen LogP contribution in [0.3, 0.4) is 0 Å². The zero-order valence-corrected chi connectivity index (χ0v) is 16.1. The Morgan fingerprint density at radius 2 is 2.07 bits per heavy atom. The first-order valence-corrected chi connectivity index (χ1v) is 9.45. The third kappa shape index (κ3) is 4.18. The summed E-state index contributed by atoms with van der Waals surface area (Å²) in [5.41, 5.74) is 3.01. The van der Waals surface area contributed by atoms with Crippen molar-refractivity contribution in [3.05, 3.63) is 59.2 Å². The SMILES string of the molecule is Cc1cc(C)n2nc(C(=O)NCC3CN(Cc4ccccc4)CCO3)nc2n1. The number of carbonyl (C=O) groups is 1. The summed E-state index contributed by atoms with van der Waals surface area (Å²) in [5, 5.41) is 7.16. The lowest BCUT2D eigenvalue weighted by Gasteiger charge is -2.33. The number of rotatable bonds is 5. The summed E-state index contributed by atoms with van der Waals surface area (Å²) in [5.74, 6) is 0.245. The highest BCUT2D eigenvalue weighted by atomic mass is 16.5. The molecule has 4 rings (SSSR count). The molecule has 1 amide bonds. The first-order chi connectivity index (χ1) is 13.6. The molecular weight excluding hydrogens is 356 g/mol. The van der Waals surface area contributed by atoms with Crippen LogP contribution in [0, 0.1) is 13.8 Å². The molecule has 0 bridgehead atoms. The molecule has 2 aromatic heterocycles. The van der Waals surface area contributed by atoms with Crippen LogP contribution in [0.15, 0.2) is 36.4 Å². The minimum atomic E-state index is -0.314. The number of hydrogen-bond donors (Lipinski definition) is 1. The van der Waals surface area contributed by atoms with Crippen LogP contribution < -0.4 is 5.32 Å². The van der Waals surface area contributed by atoms with Crippen LogP contribution in [0.2, 0.25) is 0 Å². The lowest BCUT2D eigenvalue weighted by molar-refractivity contribution is -0.0293. The summed E-state index contributed by atoms with van der Waals surface area (Å²) in [6.45, 7) is 7.42. The van der Waals surface area contributed by atoms with Crippen LogP contribution in [0.5, 0.6) is 0 Å². The lowest BCUT2D eigenvalue weighted by Crippen LogP contribution is -2.47. The van der Waals surface area contributed by atoms with E-state index in [-0.39, 0.29) is 17.8 Å². The summed E-state index contributed by atoms with van der Waals surface area (Å²) >= 11 is 0. The van der Waals surface area contributed by atoms with Crippen molar-refractivity contribution in [1.29, 1.82) is 0 Å². The molecule has 1 unspecified atom stereocenters. The number of benzene rings is 1. The van der Waals surface area contributed by atoms with E-state index in [0.29, 0.717) is 18.9 Å². The fourth-order valence-electron chi connectivity index (χ4n) is 3.44. The molecule has 0 radical (unpaired) electrons. The number of aryl methyl sites for hydroxylation is 2. The first kappa shape index (κ1) is 18.5. The van der Waals surface area contributed by atoms with Gasteiger partial charge in [-0.25, -0.2) is 9.50 Å². The summed E-state index contributed by atoms with van der Waals surface area (Å²) in [4.78, 5) is 23.4. The molecule has 1 N–H and O–H groups in total. The Hall–Kier alpha value is -2.84. The monoisotopic (exact) mass is 380 g/mol. The van der Waals surface area contributed by atoms with Crippen LogP contribution in [0.1, 0.15) is 27.6 Å². The number of aromatic nitrogens is 4. The van der Waals surface area contributed by atoms with E-state index >= 15 is 0 Å². The molecule has 0 spiro atoms. The number of fused-ring (bicyclic) bond motifs is 1. The van der Waals surface area contributed by atoms with Gasteiger partial charge in [-0.15, -0.1) is 5.10 Å². The summed E-state index contributed by atoms with van der Waals surface area (Å²) in [7, 11) is 0. The van der Waals surface area contributed by atoms with Crippen molar-refractivity contribution >= 4 is 11.7 Å². The molecular formula is C20H24N6O2. The van der Waals surface area contributed by atoms with Gasteiger partial charge in [0.15, 0.2) is 0 Å². The van der Waals surface area contributed by atoms with Gasteiger partial charge >= 0.3 is 0 Å². The van der Waals surface area contributed by atoms with E-state index in [4.69, 9.17) is 4.74 Å². The maximum absolute atomic E-state index is 12.5. The van der Waals surface area contributed by atoms with Gasteiger partial charge < -0.3 is 10.1 Å². The second-order valence-electron chi connectivity index (χ2n) is 7.11. The molecule has 3 aromatic rings. The molecule has 3 heterocycles. The van der Waals surface area contributed by atoms with Crippen molar-refractivity contribution in [3.63, 3.8) is 0 Å². The highest BCUT2D eigenvalue weighted by Crippen LogP contribution is 2.10. The zero-order chi connectivity index (χ0) is 19.5. The number of ether oxygens (including phenoxy) is 1. The topological polar surface area (TPSA) is 84.7 Å². The van der Waals surface area contributed by atoms with E-state index in [1.54, 1.807) is 4.52 Å². The molecule has 8 nitrogen and oxygen atoms in total. The average Bonchev–Trinajstić information content (AvgIpc) is 3.12. The third-order valence-electron chi connectivity index (χ3n) is 4.78.